The van der Waals surface area contributed by atoms with Crippen molar-refractivity contribution in [3.63, 3.8) is 0 Å². The largest absolute Gasteiger partial charge is 0.494 e. The van der Waals surface area contributed by atoms with Crippen molar-refractivity contribution in [2.24, 2.45) is 5.92 Å². The van der Waals surface area contributed by atoms with Crippen molar-refractivity contribution in [1.29, 1.82) is 0 Å². The SMILES string of the molecule is COc1cc(C(=O)CCC(C)C)ccc1F. The van der Waals surface area contributed by atoms with Gasteiger partial charge in [0.15, 0.2) is 17.3 Å². The zero-order valence-corrected chi connectivity index (χ0v) is 9.92. The summed E-state index contributed by atoms with van der Waals surface area (Å²) in [6.45, 7) is 4.14. The third-order valence-electron chi connectivity index (χ3n) is 2.42. The molecule has 0 spiro atoms. The fourth-order valence-electron chi connectivity index (χ4n) is 1.40. The topological polar surface area (TPSA) is 26.3 Å². The smallest absolute Gasteiger partial charge is 0.165 e. The molecular formula is C13H17FO2. The molecule has 0 aliphatic rings. The van der Waals surface area contributed by atoms with Gasteiger partial charge in [-0.1, -0.05) is 13.8 Å². The van der Waals surface area contributed by atoms with Crippen LogP contribution in [0.25, 0.3) is 0 Å². The predicted octanol–water partition coefficient (Wildman–Crippen LogP) is 3.45. The van der Waals surface area contributed by atoms with Crippen LogP contribution in [0.15, 0.2) is 18.2 Å². The summed E-state index contributed by atoms with van der Waals surface area (Å²) in [5, 5.41) is 0. The molecule has 0 aliphatic carbocycles. The minimum absolute atomic E-state index is 0.0343. The van der Waals surface area contributed by atoms with Crippen molar-refractivity contribution in [3.05, 3.63) is 29.6 Å². The zero-order chi connectivity index (χ0) is 12.1. The molecule has 88 valence electrons. The van der Waals surface area contributed by atoms with Gasteiger partial charge in [0.2, 0.25) is 0 Å². The molecule has 0 heterocycles. The predicted molar refractivity (Wildman–Crippen MR) is 61.4 cm³/mol. The Morgan fingerprint density at radius 1 is 1.44 bits per heavy atom. The maximum atomic E-state index is 13.1. The highest BCUT2D eigenvalue weighted by atomic mass is 19.1. The molecule has 0 aliphatic heterocycles. The summed E-state index contributed by atoms with van der Waals surface area (Å²) in [5.41, 5.74) is 0.513. The highest BCUT2D eigenvalue weighted by Crippen LogP contribution is 2.20. The van der Waals surface area contributed by atoms with Gasteiger partial charge in [-0.25, -0.2) is 4.39 Å². The molecule has 16 heavy (non-hydrogen) atoms. The number of Topliss-reactive ketones (excluding diaryl/α,β-unsaturated/α-hetero) is 1. The Morgan fingerprint density at radius 3 is 2.69 bits per heavy atom. The van der Waals surface area contributed by atoms with Gasteiger partial charge < -0.3 is 4.74 Å². The molecule has 0 atom stereocenters. The molecule has 0 saturated carbocycles. The molecule has 2 nitrogen and oxygen atoms in total. The van der Waals surface area contributed by atoms with Crippen molar-refractivity contribution in [2.75, 3.05) is 7.11 Å². The first-order chi connectivity index (χ1) is 7.54. The maximum Gasteiger partial charge on any atom is 0.165 e. The summed E-state index contributed by atoms with van der Waals surface area (Å²) < 4.78 is 17.9. The van der Waals surface area contributed by atoms with Crippen LogP contribution in [0.5, 0.6) is 5.75 Å². The van der Waals surface area contributed by atoms with Crippen LogP contribution in [-0.4, -0.2) is 12.9 Å². The van der Waals surface area contributed by atoms with E-state index in [-0.39, 0.29) is 11.5 Å². The fourth-order valence-corrected chi connectivity index (χ4v) is 1.40. The number of halogens is 1. The molecule has 0 bridgehead atoms. The van der Waals surface area contributed by atoms with Gasteiger partial charge >= 0.3 is 0 Å². The van der Waals surface area contributed by atoms with Gasteiger partial charge in [-0.3, -0.25) is 4.79 Å². The molecule has 0 N–H and O–H groups in total. The van der Waals surface area contributed by atoms with E-state index in [9.17, 15) is 9.18 Å². The van der Waals surface area contributed by atoms with E-state index in [1.165, 1.54) is 25.3 Å². The summed E-state index contributed by atoms with van der Waals surface area (Å²) in [4.78, 5) is 11.8. The lowest BCUT2D eigenvalue weighted by Gasteiger charge is -2.06. The fraction of sp³-hybridized carbons (Fsp3) is 0.462. The standard InChI is InChI=1S/C13H17FO2/c1-9(2)4-7-12(15)10-5-6-11(14)13(8-10)16-3/h5-6,8-9H,4,7H2,1-3H3. The van der Waals surface area contributed by atoms with Crippen molar-refractivity contribution >= 4 is 5.78 Å². The van der Waals surface area contributed by atoms with Gasteiger partial charge in [-0.05, 0) is 30.5 Å². The van der Waals surface area contributed by atoms with Crippen molar-refractivity contribution in [1.82, 2.24) is 0 Å². The van der Waals surface area contributed by atoms with Crippen LogP contribution in [0.4, 0.5) is 4.39 Å². The number of hydrogen-bond donors (Lipinski definition) is 0. The van der Waals surface area contributed by atoms with Gasteiger partial charge in [0, 0.05) is 12.0 Å². The van der Waals surface area contributed by atoms with Crippen LogP contribution in [-0.2, 0) is 0 Å². The van der Waals surface area contributed by atoms with Crippen molar-refractivity contribution in [3.8, 4) is 5.75 Å². The van der Waals surface area contributed by atoms with E-state index >= 15 is 0 Å². The number of methoxy groups -OCH3 is 1. The first kappa shape index (κ1) is 12.7. The number of hydrogen-bond acceptors (Lipinski definition) is 2. The number of ketones is 1. The monoisotopic (exact) mass is 224 g/mol. The van der Waals surface area contributed by atoms with Crippen LogP contribution in [0, 0.1) is 11.7 Å². The van der Waals surface area contributed by atoms with E-state index < -0.39 is 5.82 Å². The maximum absolute atomic E-state index is 13.1. The lowest BCUT2D eigenvalue weighted by molar-refractivity contribution is 0.0975. The second kappa shape index (κ2) is 5.64. The Balaban J connectivity index is 2.76. The van der Waals surface area contributed by atoms with E-state index in [0.717, 1.165) is 6.42 Å². The Morgan fingerprint density at radius 2 is 2.12 bits per heavy atom. The van der Waals surface area contributed by atoms with E-state index in [2.05, 4.69) is 13.8 Å². The minimum atomic E-state index is -0.442. The molecule has 0 fully saturated rings. The Labute approximate surface area is 95.4 Å². The summed E-state index contributed by atoms with van der Waals surface area (Å²) in [5.74, 6) is 0.205. The summed E-state index contributed by atoms with van der Waals surface area (Å²) >= 11 is 0. The molecule has 0 radical (unpaired) electrons. The number of carbonyl (C=O) groups is 1. The van der Waals surface area contributed by atoms with E-state index in [1.54, 1.807) is 0 Å². The molecule has 1 aromatic carbocycles. The molecule has 0 amide bonds. The number of carbonyl (C=O) groups excluding carboxylic acids is 1. The van der Waals surface area contributed by atoms with Crippen LogP contribution in [0.3, 0.4) is 0 Å². The molecule has 3 heteroatoms. The van der Waals surface area contributed by atoms with Gasteiger partial charge in [0.1, 0.15) is 0 Å². The average molecular weight is 224 g/mol. The van der Waals surface area contributed by atoms with Crippen LogP contribution < -0.4 is 4.74 Å². The summed E-state index contributed by atoms with van der Waals surface area (Å²) in [7, 11) is 1.39. The highest BCUT2D eigenvalue weighted by Gasteiger charge is 2.10. The third kappa shape index (κ3) is 3.33. The van der Waals surface area contributed by atoms with Crippen LogP contribution in [0.2, 0.25) is 0 Å². The molecule has 0 aromatic heterocycles. The Kier molecular flexibility index (Phi) is 4.47. The minimum Gasteiger partial charge on any atom is -0.494 e. The lowest BCUT2D eigenvalue weighted by atomic mass is 10.0. The zero-order valence-electron chi connectivity index (χ0n) is 9.92. The van der Waals surface area contributed by atoms with E-state index in [4.69, 9.17) is 4.74 Å². The van der Waals surface area contributed by atoms with Gasteiger partial charge in [0.25, 0.3) is 0 Å². The first-order valence-electron chi connectivity index (χ1n) is 5.41. The average Bonchev–Trinajstić information content (AvgIpc) is 2.26. The molecular weight excluding hydrogens is 207 g/mol. The van der Waals surface area contributed by atoms with Gasteiger partial charge in [-0.2, -0.15) is 0 Å². The highest BCUT2D eigenvalue weighted by molar-refractivity contribution is 5.96. The number of rotatable bonds is 5. The van der Waals surface area contributed by atoms with Crippen molar-refractivity contribution < 1.29 is 13.9 Å². The summed E-state index contributed by atoms with van der Waals surface area (Å²) in [6.07, 6.45) is 1.34. The quantitative estimate of drug-likeness (QED) is 0.716. The lowest BCUT2D eigenvalue weighted by Crippen LogP contribution is -2.02. The second-order valence-electron chi connectivity index (χ2n) is 4.21. The second-order valence-corrected chi connectivity index (χ2v) is 4.21. The van der Waals surface area contributed by atoms with Crippen LogP contribution in [0.1, 0.15) is 37.0 Å². The molecule has 1 aromatic rings. The van der Waals surface area contributed by atoms with E-state index in [1.807, 2.05) is 0 Å². The normalized spacial score (nSPS) is 10.6. The van der Waals surface area contributed by atoms with Gasteiger partial charge in [0.05, 0.1) is 7.11 Å². The summed E-state index contributed by atoms with van der Waals surface area (Å²) in [6, 6.07) is 4.22. The number of benzene rings is 1. The molecule has 0 unspecified atom stereocenters. The van der Waals surface area contributed by atoms with Crippen LogP contribution >= 0.6 is 0 Å². The molecule has 0 saturated heterocycles. The van der Waals surface area contributed by atoms with Crippen molar-refractivity contribution in [2.45, 2.75) is 26.7 Å². The third-order valence-corrected chi connectivity index (χ3v) is 2.42. The first-order valence-corrected chi connectivity index (χ1v) is 5.41. The Bertz CT molecular complexity index is 372. The molecule has 1 rings (SSSR count). The van der Waals surface area contributed by atoms with Gasteiger partial charge in [-0.15, -0.1) is 0 Å². The Hall–Kier alpha value is -1.38. The van der Waals surface area contributed by atoms with E-state index in [0.29, 0.717) is 17.9 Å². The number of ether oxygens (including phenoxy) is 1.